The zero-order valence-electron chi connectivity index (χ0n) is 43.9. The van der Waals surface area contributed by atoms with Crippen LogP contribution in [0.3, 0.4) is 0 Å². The summed E-state index contributed by atoms with van der Waals surface area (Å²) in [5.41, 5.74) is 19.4. The minimum atomic E-state index is 0. The molecule has 2 aliphatic heterocycles. The van der Waals surface area contributed by atoms with Gasteiger partial charge < -0.3 is 0 Å². The van der Waals surface area contributed by atoms with Crippen molar-refractivity contribution in [2.45, 2.75) is 0 Å². The SMILES string of the molecule is C1=C(c2cccs2)c2nc1cc1c(-c3cccs3)c(-c3cccs3)c(c(-c3cccs3)c3nc(c(-c4cccs4)c4c(-c5cccs5)c(-c5cccs5)c(c2-c2cccs2)n4-c2cccs2)C(c2cccs2)=C3c2cccs2)n1-c1cccs1.[Cu+2]. The van der Waals surface area contributed by atoms with Crippen molar-refractivity contribution in [3.8, 4) is 83.1 Å². The topological polar surface area (TPSA) is 35.6 Å². The van der Waals surface area contributed by atoms with E-state index in [2.05, 4.69) is 231 Å². The van der Waals surface area contributed by atoms with Crippen molar-refractivity contribution in [1.29, 1.82) is 0 Å². The van der Waals surface area contributed by atoms with E-state index in [9.17, 15) is 0 Å². The Morgan fingerprint density at radius 2 is 0.576 bits per heavy atom. The molecule has 15 aromatic rings. The summed E-state index contributed by atoms with van der Waals surface area (Å²) in [4.78, 5) is 24.3. The number of hydrogen-bond acceptors (Lipinski definition) is 14. The van der Waals surface area contributed by atoms with Gasteiger partial charge in [-0.3, -0.25) is 9.13 Å². The predicted octanol–water partition coefficient (Wildman–Crippen LogP) is 24.2. The first-order chi connectivity index (χ1) is 41.7. The van der Waals surface area contributed by atoms with Gasteiger partial charge in [-0.15, -0.1) is 136 Å². The van der Waals surface area contributed by atoms with Gasteiger partial charge >= 0.3 is 17.1 Å². The minimum Gasteiger partial charge on any atom is -0.300 e. The molecule has 0 unspecified atom stereocenters. The second-order valence-electron chi connectivity index (χ2n) is 19.5. The molecule has 15 aromatic heterocycles. The molecule has 85 heavy (non-hydrogen) atoms. The van der Waals surface area contributed by atoms with Crippen LogP contribution >= 0.6 is 136 Å². The fourth-order valence-electron chi connectivity index (χ4n) is 11.8. The molecule has 0 spiro atoms. The zero-order valence-corrected chi connectivity index (χ0v) is 54.7. The Bertz CT molecular complexity index is 5050. The van der Waals surface area contributed by atoms with Crippen LogP contribution in [0.5, 0.6) is 0 Å². The molecule has 4 nitrogen and oxygen atoms in total. The van der Waals surface area contributed by atoms with Crippen molar-refractivity contribution in [2.24, 2.45) is 0 Å². The van der Waals surface area contributed by atoms with Crippen molar-refractivity contribution < 1.29 is 17.1 Å². The molecule has 17 rings (SSSR count). The summed E-state index contributed by atoms with van der Waals surface area (Å²) in [7, 11) is 0. The van der Waals surface area contributed by atoms with Gasteiger partial charge in [-0.2, -0.15) is 0 Å². The molecule has 0 saturated carbocycles. The van der Waals surface area contributed by atoms with E-state index in [4.69, 9.17) is 9.97 Å². The molecule has 8 bridgehead atoms. The summed E-state index contributed by atoms with van der Waals surface area (Å²) in [5, 5.41) is 28.9. The summed E-state index contributed by atoms with van der Waals surface area (Å²) in [6.45, 7) is 0. The molecule has 0 amide bonds. The molecule has 0 N–H and O–H groups in total. The molecule has 17 heterocycles. The Kier molecular flexibility index (Phi) is 14.4. The zero-order chi connectivity index (χ0) is 55.2. The summed E-state index contributed by atoms with van der Waals surface area (Å²) >= 11 is 21.4. The largest absolute Gasteiger partial charge is 2.00 e. The third-order valence-corrected chi connectivity index (χ3v) is 25.6. The number of thiophene rings is 12. The van der Waals surface area contributed by atoms with Crippen LogP contribution in [0.15, 0.2) is 216 Å². The summed E-state index contributed by atoms with van der Waals surface area (Å²) in [6, 6.07) is 56.5. The summed E-state index contributed by atoms with van der Waals surface area (Å²) in [5.74, 6) is 0. The molecule has 0 aliphatic carbocycles. The molecule has 17 heteroatoms. The maximum atomic E-state index is 6.52. The summed E-state index contributed by atoms with van der Waals surface area (Å²) < 4.78 is 5.19. The van der Waals surface area contributed by atoms with E-state index in [-0.39, 0.29) is 17.1 Å². The van der Waals surface area contributed by atoms with Crippen LogP contribution in [0.25, 0.3) is 128 Å². The van der Waals surface area contributed by atoms with E-state index >= 15 is 0 Å². The van der Waals surface area contributed by atoms with Crippen molar-refractivity contribution in [3.05, 3.63) is 254 Å². The van der Waals surface area contributed by atoms with E-state index in [0.717, 1.165) is 118 Å². The Morgan fingerprint density at radius 1 is 0.271 bits per heavy atom. The molecular formula is C68H38CuN4S12+2. The van der Waals surface area contributed by atoms with Crippen LogP contribution in [0.4, 0.5) is 0 Å². The van der Waals surface area contributed by atoms with Gasteiger partial charge in [0.15, 0.2) is 0 Å². The maximum absolute atomic E-state index is 6.52. The first-order valence-corrected chi connectivity index (χ1v) is 37.2. The fraction of sp³-hybridized carbons (Fsp3) is 0. The van der Waals surface area contributed by atoms with Gasteiger partial charge in [0.1, 0.15) is 0 Å². The number of aromatic nitrogens is 4. The van der Waals surface area contributed by atoms with Crippen molar-refractivity contribution in [2.75, 3.05) is 0 Å². The maximum Gasteiger partial charge on any atom is 2.00 e. The quantitative estimate of drug-likeness (QED) is 0.114. The van der Waals surface area contributed by atoms with Gasteiger partial charge in [0.2, 0.25) is 0 Å². The van der Waals surface area contributed by atoms with Crippen LogP contribution in [0.2, 0.25) is 0 Å². The molecule has 2 aliphatic rings. The predicted molar refractivity (Wildman–Crippen MR) is 375 cm³/mol. The van der Waals surface area contributed by atoms with Gasteiger partial charge in [-0.05, 0) is 162 Å². The van der Waals surface area contributed by atoms with Crippen molar-refractivity contribution in [1.82, 2.24) is 19.1 Å². The summed E-state index contributed by atoms with van der Waals surface area (Å²) in [6.07, 6.45) is 2.37. The van der Waals surface area contributed by atoms with Crippen molar-refractivity contribution >= 4 is 181 Å². The van der Waals surface area contributed by atoms with E-state index in [0.29, 0.717) is 0 Å². The molecule has 0 atom stereocenters. The standard InChI is InChI=1S/C68H38N4S12.Cu/c1-13-42(73-25-1)40-37-39-38-41-54(43-14-2-26-74-43)57(46-17-5-29-77-46)66(71(41)52-23-11-35-83-52)61(50-21-9-33-81-50)64-55(44-15-3-27-75-44)56(45-16-4-28-76-45)65(70-64)62(51-22-10-34-82-51)68-59(48-19-7-31-79-48)58(47-18-6-30-78-47)67(72(68)53-24-12-36-84-53)60(63(40)69-39)49-20-8-32-80-49;/h1-38H;/q;+2. The van der Waals surface area contributed by atoms with E-state index in [1.54, 1.807) is 136 Å². The van der Waals surface area contributed by atoms with Gasteiger partial charge in [0, 0.05) is 104 Å². The van der Waals surface area contributed by atoms with Crippen LogP contribution in [-0.2, 0) is 17.1 Å². The molecule has 0 aromatic carbocycles. The Labute approximate surface area is 547 Å². The average molecular weight is 1360 g/mol. The normalized spacial score (nSPS) is 12.4. The van der Waals surface area contributed by atoms with E-state index in [1.165, 1.54) is 41.8 Å². The van der Waals surface area contributed by atoms with Crippen LogP contribution in [0, 0.1) is 0 Å². The Morgan fingerprint density at radius 3 is 0.953 bits per heavy atom. The molecular weight excluding hydrogens is 1320 g/mol. The smallest absolute Gasteiger partial charge is 0.300 e. The van der Waals surface area contributed by atoms with Gasteiger partial charge in [0.25, 0.3) is 0 Å². The van der Waals surface area contributed by atoms with E-state index in [1.807, 2.05) is 0 Å². The Balaban J connectivity index is 0.00000588. The number of nitrogens with zero attached hydrogens (tertiary/aromatic N) is 4. The van der Waals surface area contributed by atoms with Crippen LogP contribution in [-0.4, -0.2) is 19.1 Å². The minimum absolute atomic E-state index is 0. The second kappa shape index (κ2) is 22.7. The van der Waals surface area contributed by atoms with Gasteiger partial charge in [-0.1, -0.05) is 60.7 Å². The van der Waals surface area contributed by atoms with Gasteiger partial charge in [-0.25, -0.2) is 9.97 Å². The average Bonchev–Trinajstić information content (AvgIpc) is 1.59. The molecule has 1 radical (unpaired) electrons. The fourth-order valence-corrected chi connectivity index (χ4v) is 21.0. The first kappa shape index (κ1) is 54.0. The number of rotatable bonds is 12. The molecule has 0 fully saturated rings. The van der Waals surface area contributed by atoms with Crippen LogP contribution in [0.1, 0.15) is 37.4 Å². The van der Waals surface area contributed by atoms with Crippen LogP contribution < -0.4 is 0 Å². The molecule has 0 saturated heterocycles. The second-order valence-corrected chi connectivity index (χ2v) is 30.9. The third kappa shape index (κ3) is 9.01. The number of hydrogen-bond donors (Lipinski definition) is 0. The van der Waals surface area contributed by atoms with Gasteiger partial charge in [0.05, 0.1) is 54.8 Å². The monoisotopic (exact) mass is 1360 g/mol. The Hall–Kier alpha value is -6.48. The van der Waals surface area contributed by atoms with E-state index < -0.39 is 0 Å². The first-order valence-electron chi connectivity index (χ1n) is 26.6. The third-order valence-electron chi connectivity index (χ3n) is 15.0. The molecule has 411 valence electrons. The number of fused-ring (bicyclic) bond motifs is 8. The van der Waals surface area contributed by atoms with Crippen molar-refractivity contribution in [3.63, 3.8) is 0 Å².